The fourth-order valence-corrected chi connectivity index (χ4v) is 5.42. The van der Waals surface area contributed by atoms with E-state index >= 15 is 0 Å². The Balaban J connectivity index is 1.63. The summed E-state index contributed by atoms with van der Waals surface area (Å²) in [6, 6.07) is 12.7. The van der Waals surface area contributed by atoms with E-state index in [9.17, 15) is 18.8 Å². The number of carbonyl (C=O) groups excluding carboxylic acids is 3. The smallest absolute Gasteiger partial charge is 0.426 e. The Bertz CT molecular complexity index is 1300. The van der Waals surface area contributed by atoms with Gasteiger partial charge in [-0.2, -0.15) is 0 Å². The first-order chi connectivity index (χ1) is 17.9. The van der Waals surface area contributed by atoms with Crippen LogP contribution < -0.4 is 10.7 Å². The molecule has 4 rings (SSSR count). The van der Waals surface area contributed by atoms with E-state index < -0.39 is 23.7 Å². The SMILES string of the molecule is C[C@@H](NC(=O)C1=CC(Cc2ccc(Cl)cc2)C(=O)C2=C1SCN2NC(=O)OC(C)(C)C)c1ccc(F)cc1. The molecule has 0 radical (unpaired) electrons. The van der Waals surface area contributed by atoms with E-state index in [-0.39, 0.29) is 29.1 Å². The minimum absolute atomic E-state index is 0.209. The molecule has 2 amide bonds. The number of hydrogen-bond acceptors (Lipinski definition) is 6. The molecule has 0 aromatic heterocycles. The largest absolute Gasteiger partial charge is 0.443 e. The molecule has 1 aliphatic carbocycles. The standard InChI is InChI=1S/C28H29ClFN3O4S/c1-16(18-7-11-21(30)12-8-18)31-26(35)22-14-19(13-17-5-9-20(29)10-6-17)24(34)23-25(22)38-15-33(23)32-27(36)37-28(2,3)4/h5-12,14,16,19H,13,15H2,1-4H3,(H,31,35)(H,32,36)/t16-,19?/m1/s1. The Hall–Kier alpha value is -3.30. The topological polar surface area (TPSA) is 87.7 Å². The molecule has 0 fully saturated rings. The number of Topliss-reactive ketones (excluding diaryl/α,β-unsaturated/α-hetero) is 1. The quantitative estimate of drug-likeness (QED) is 0.475. The highest BCUT2D eigenvalue weighted by Crippen LogP contribution is 2.42. The molecule has 10 heteroatoms. The van der Waals surface area contributed by atoms with Crippen molar-refractivity contribution in [3.63, 3.8) is 0 Å². The average molecular weight is 558 g/mol. The highest BCUT2D eigenvalue weighted by Gasteiger charge is 2.41. The molecule has 1 aliphatic heterocycles. The summed E-state index contributed by atoms with van der Waals surface area (Å²) < 4.78 is 18.7. The van der Waals surface area contributed by atoms with Crippen molar-refractivity contribution < 1.29 is 23.5 Å². The lowest BCUT2D eigenvalue weighted by molar-refractivity contribution is -0.119. The van der Waals surface area contributed by atoms with Gasteiger partial charge in [0.1, 0.15) is 17.1 Å². The molecule has 0 bridgehead atoms. The van der Waals surface area contributed by atoms with Gasteiger partial charge in [-0.15, -0.1) is 0 Å². The minimum Gasteiger partial charge on any atom is -0.443 e. The van der Waals surface area contributed by atoms with Crippen molar-refractivity contribution in [3.8, 4) is 0 Å². The summed E-state index contributed by atoms with van der Waals surface area (Å²) in [5.74, 6) is -1.34. The van der Waals surface area contributed by atoms with Crippen LogP contribution in [0.1, 0.15) is 44.9 Å². The van der Waals surface area contributed by atoms with Crippen LogP contribution in [0.15, 0.2) is 70.8 Å². The van der Waals surface area contributed by atoms with Crippen molar-refractivity contribution in [2.75, 3.05) is 5.88 Å². The summed E-state index contributed by atoms with van der Waals surface area (Å²) >= 11 is 7.31. The van der Waals surface area contributed by atoms with Crippen molar-refractivity contribution in [2.24, 2.45) is 5.92 Å². The number of halogens is 2. The van der Waals surface area contributed by atoms with Gasteiger partial charge in [0.25, 0.3) is 5.91 Å². The number of allylic oxidation sites excluding steroid dienone is 2. The summed E-state index contributed by atoms with van der Waals surface area (Å²) in [7, 11) is 0. The van der Waals surface area contributed by atoms with Gasteiger partial charge in [-0.1, -0.05) is 53.7 Å². The monoisotopic (exact) mass is 557 g/mol. The summed E-state index contributed by atoms with van der Waals surface area (Å²) in [5.41, 5.74) is 4.16. The zero-order valence-electron chi connectivity index (χ0n) is 21.5. The molecule has 1 unspecified atom stereocenters. The highest BCUT2D eigenvalue weighted by molar-refractivity contribution is 8.03. The summed E-state index contributed by atoms with van der Waals surface area (Å²) in [6.45, 7) is 7.05. The Labute approximate surface area is 230 Å². The van der Waals surface area contributed by atoms with Crippen LogP contribution in [0.4, 0.5) is 9.18 Å². The van der Waals surface area contributed by atoms with Crippen molar-refractivity contribution in [1.29, 1.82) is 0 Å². The van der Waals surface area contributed by atoms with E-state index in [0.717, 1.165) is 11.1 Å². The number of rotatable bonds is 6. The second-order valence-corrected chi connectivity index (χ2v) is 11.5. The fourth-order valence-electron chi connectivity index (χ4n) is 4.18. The first kappa shape index (κ1) is 27.7. The first-order valence-corrected chi connectivity index (χ1v) is 13.5. The zero-order valence-corrected chi connectivity index (χ0v) is 23.1. The average Bonchev–Trinajstić information content (AvgIpc) is 3.25. The van der Waals surface area contributed by atoms with E-state index in [1.54, 1.807) is 58.0 Å². The van der Waals surface area contributed by atoms with E-state index in [1.165, 1.54) is 28.9 Å². The molecule has 200 valence electrons. The maximum Gasteiger partial charge on any atom is 0.426 e. The Morgan fingerprint density at radius 1 is 1.16 bits per heavy atom. The summed E-state index contributed by atoms with van der Waals surface area (Å²) in [5, 5.41) is 4.98. The van der Waals surface area contributed by atoms with E-state index in [1.807, 2.05) is 12.1 Å². The molecule has 2 N–H and O–H groups in total. The first-order valence-electron chi connectivity index (χ1n) is 12.1. The van der Waals surface area contributed by atoms with Gasteiger partial charge >= 0.3 is 6.09 Å². The van der Waals surface area contributed by atoms with Crippen LogP contribution in [0, 0.1) is 11.7 Å². The number of thioether (sulfide) groups is 1. The third-order valence-corrected chi connectivity index (χ3v) is 7.30. The lowest BCUT2D eigenvalue weighted by Gasteiger charge is -2.28. The molecular weight excluding hydrogens is 529 g/mol. The molecule has 2 aliphatic rings. The fraction of sp³-hybridized carbons (Fsp3) is 0.321. The number of ketones is 1. The number of hydrazine groups is 1. The van der Waals surface area contributed by atoms with Gasteiger partial charge in [-0.05, 0) is 69.5 Å². The van der Waals surface area contributed by atoms with Crippen molar-refractivity contribution in [1.82, 2.24) is 15.8 Å². The lowest BCUT2D eigenvalue weighted by atomic mass is 9.86. The second kappa shape index (κ2) is 11.2. The van der Waals surface area contributed by atoms with E-state index in [0.29, 0.717) is 21.9 Å². The molecule has 2 aromatic rings. The van der Waals surface area contributed by atoms with Gasteiger partial charge < -0.3 is 10.1 Å². The van der Waals surface area contributed by atoms with Crippen LogP contribution in [0.5, 0.6) is 0 Å². The number of nitrogens with zero attached hydrogens (tertiary/aromatic N) is 1. The molecule has 1 heterocycles. The van der Waals surface area contributed by atoms with Gasteiger partial charge in [0, 0.05) is 10.9 Å². The van der Waals surface area contributed by atoms with Gasteiger partial charge in [0.05, 0.1) is 22.4 Å². The molecule has 0 saturated heterocycles. The maximum absolute atomic E-state index is 13.7. The van der Waals surface area contributed by atoms with Gasteiger partial charge in [0.2, 0.25) is 0 Å². The number of amides is 2. The van der Waals surface area contributed by atoms with Crippen molar-refractivity contribution in [3.05, 3.63) is 92.7 Å². The van der Waals surface area contributed by atoms with Crippen LogP contribution in [0.25, 0.3) is 0 Å². The number of carbonyl (C=O) groups is 3. The van der Waals surface area contributed by atoms with E-state index in [4.69, 9.17) is 16.3 Å². The van der Waals surface area contributed by atoms with Gasteiger partial charge in [-0.25, -0.2) is 14.6 Å². The molecule has 0 saturated carbocycles. The molecule has 7 nitrogen and oxygen atoms in total. The third-order valence-electron chi connectivity index (χ3n) is 5.96. The molecule has 38 heavy (non-hydrogen) atoms. The Morgan fingerprint density at radius 3 is 2.45 bits per heavy atom. The van der Waals surface area contributed by atoms with Crippen molar-refractivity contribution >= 4 is 41.1 Å². The summed E-state index contributed by atoms with van der Waals surface area (Å²) in [6.07, 6.45) is 1.34. The van der Waals surface area contributed by atoms with Gasteiger partial charge in [0.15, 0.2) is 5.78 Å². The molecule has 0 spiro atoms. The van der Waals surface area contributed by atoms with E-state index in [2.05, 4.69) is 10.7 Å². The normalized spacial score (nSPS) is 18.1. The zero-order chi connectivity index (χ0) is 27.6. The molecule has 2 atom stereocenters. The Kier molecular flexibility index (Phi) is 8.18. The molecule has 2 aromatic carbocycles. The lowest BCUT2D eigenvalue weighted by Crippen LogP contribution is -2.45. The van der Waals surface area contributed by atoms with Gasteiger partial charge in [-0.3, -0.25) is 14.6 Å². The van der Waals surface area contributed by atoms with Crippen LogP contribution in [-0.2, 0) is 20.7 Å². The van der Waals surface area contributed by atoms with Crippen molar-refractivity contribution in [2.45, 2.75) is 45.8 Å². The van der Waals surface area contributed by atoms with Crippen LogP contribution >= 0.6 is 23.4 Å². The number of nitrogens with one attached hydrogen (secondary N) is 2. The highest BCUT2D eigenvalue weighted by atomic mass is 35.5. The third kappa shape index (κ3) is 6.57. The molecular formula is C28H29ClFN3O4S. The predicted octanol–water partition coefficient (Wildman–Crippen LogP) is 5.68. The number of hydrogen-bond donors (Lipinski definition) is 2. The Morgan fingerprint density at radius 2 is 1.82 bits per heavy atom. The second-order valence-electron chi connectivity index (χ2n) is 10.1. The maximum atomic E-state index is 13.7. The summed E-state index contributed by atoms with van der Waals surface area (Å²) in [4.78, 5) is 40.1. The van der Waals surface area contributed by atoms with Crippen LogP contribution in [0.3, 0.4) is 0 Å². The van der Waals surface area contributed by atoms with Crippen LogP contribution in [-0.4, -0.2) is 34.3 Å². The number of benzene rings is 2. The predicted molar refractivity (Wildman–Crippen MR) is 145 cm³/mol. The minimum atomic E-state index is -0.719. The number of ether oxygens (including phenoxy) is 1. The van der Waals surface area contributed by atoms with Crippen LogP contribution in [0.2, 0.25) is 5.02 Å².